The zero-order valence-corrected chi connectivity index (χ0v) is 11.8. The van der Waals surface area contributed by atoms with Gasteiger partial charge >= 0.3 is 0 Å². The van der Waals surface area contributed by atoms with Crippen LogP contribution in [0.4, 0.5) is 0 Å². The number of methoxy groups -OCH3 is 2. The monoisotopic (exact) mass is 265 g/mol. The molecule has 0 radical (unpaired) electrons. The maximum Gasteiger partial charge on any atom is 0.203 e. The number of benzene rings is 1. The Bertz CT molecular complexity index is 367. The molecule has 1 fully saturated rings. The maximum atomic E-state index is 5.88. The van der Waals surface area contributed by atoms with Crippen LogP contribution in [0.15, 0.2) is 18.2 Å². The predicted octanol–water partition coefficient (Wildman–Crippen LogP) is 2.47. The Labute approximate surface area is 115 Å². The molecule has 2 rings (SSSR count). The number of nitrogens with one attached hydrogen (secondary N) is 1. The van der Waals surface area contributed by atoms with E-state index < -0.39 is 0 Å². The average molecular weight is 265 g/mol. The molecule has 0 spiro atoms. The van der Waals surface area contributed by atoms with Crippen molar-refractivity contribution in [3.63, 3.8) is 0 Å². The molecule has 1 aromatic carbocycles. The van der Waals surface area contributed by atoms with Gasteiger partial charge in [0.1, 0.15) is 0 Å². The van der Waals surface area contributed by atoms with Crippen LogP contribution in [0.1, 0.15) is 19.3 Å². The van der Waals surface area contributed by atoms with E-state index in [1.54, 1.807) is 14.2 Å². The summed E-state index contributed by atoms with van der Waals surface area (Å²) in [4.78, 5) is 0. The van der Waals surface area contributed by atoms with Crippen LogP contribution in [0.2, 0.25) is 0 Å². The van der Waals surface area contributed by atoms with E-state index in [4.69, 9.17) is 14.2 Å². The van der Waals surface area contributed by atoms with Gasteiger partial charge in [-0.2, -0.15) is 0 Å². The fraction of sp³-hybridized carbons (Fsp3) is 0.600. The Morgan fingerprint density at radius 2 is 1.95 bits per heavy atom. The van der Waals surface area contributed by atoms with Crippen molar-refractivity contribution in [2.45, 2.75) is 19.3 Å². The lowest BCUT2D eigenvalue weighted by Gasteiger charge is -2.23. The minimum Gasteiger partial charge on any atom is -0.493 e. The van der Waals surface area contributed by atoms with Crippen molar-refractivity contribution in [3.8, 4) is 17.2 Å². The molecule has 0 amide bonds. The lowest BCUT2D eigenvalue weighted by molar-refractivity contribution is 0.235. The smallest absolute Gasteiger partial charge is 0.203 e. The molecular weight excluding hydrogens is 242 g/mol. The van der Waals surface area contributed by atoms with Crippen molar-refractivity contribution in [2.24, 2.45) is 5.92 Å². The van der Waals surface area contributed by atoms with E-state index in [1.807, 2.05) is 18.2 Å². The third-order valence-corrected chi connectivity index (χ3v) is 3.55. The van der Waals surface area contributed by atoms with Gasteiger partial charge in [0.15, 0.2) is 11.5 Å². The van der Waals surface area contributed by atoms with E-state index in [2.05, 4.69) is 5.32 Å². The van der Waals surface area contributed by atoms with E-state index in [1.165, 1.54) is 12.8 Å². The Balaban J connectivity index is 1.90. The van der Waals surface area contributed by atoms with Gasteiger partial charge in [0.25, 0.3) is 0 Å². The summed E-state index contributed by atoms with van der Waals surface area (Å²) in [5.74, 6) is 2.87. The van der Waals surface area contributed by atoms with Crippen LogP contribution < -0.4 is 19.5 Å². The van der Waals surface area contributed by atoms with Gasteiger partial charge in [-0.1, -0.05) is 6.07 Å². The number of para-hydroxylation sites is 1. The van der Waals surface area contributed by atoms with Gasteiger partial charge in [-0.15, -0.1) is 0 Å². The zero-order valence-electron chi connectivity index (χ0n) is 11.8. The molecule has 1 atom stereocenters. The van der Waals surface area contributed by atoms with E-state index in [-0.39, 0.29) is 0 Å². The van der Waals surface area contributed by atoms with Crippen molar-refractivity contribution in [2.75, 3.05) is 33.9 Å². The number of piperidine rings is 1. The summed E-state index contributed by atoms with van der Waals surface area (Å²) in [6, 6.07) is 5.68. The van der Waals surface area contributed by atoms with Crippen LogP contribution in [-0.2, 0) is 0 Å². The first-order valence-corrected chi connectivity index (χ1v) is 6.89. The van der Waals surface area contributed by atoms with Crippen molar-refractivity contribution < 1.29 is 14.2 Å². The molecule has 1 aliphatic heterocycles. The van der Waals surface area contributed by atoms with Gasteiger partial charge in [-0.3, -0.25) is 0 Å². The normalized spacial score (nSPS) is 18.9. The molecule has 4 nitrogen and oxygen atoms in total. The molecule has 1 saturated heterocycles. The molecule has 0 aliphatic carbocycles. The Kier molecular flexibility index (Phi) is 5.33. The van der Waals surface area contributed by atoms with Crippen LogP contribution in [0.25, 0.3) is 0 Å². The number of rotatable bonds is 6. The fourth-order valence-electron chi connectivity index (χ4n) is 2.46. The van der Waals surface area contributed by atoms with Gasteiger partial charge in [-0.25, -0.2) is 0 Å². The van der Waals surface area contributed by atoms with Crippen molar-refractivity contribution in [3.05, 3.63) is 18.2 Å². The highest BCUT2D eigenvalue weighted by molar-refractivity contribution is 5.51. The summed E-state index contributed by atoms with van der Waals surface area (Å²) < 4.78 is 16.5. The van der Waals surface area contributed by atoms with Crippen LogP contribution >= 0.6 is 0 Å². The zero-order chi connectivity index (χ0) is 13.5. The van der Waals surface area contributed by atoms with Gasteiger partial charge in [0, 0.05) is 0 Å². The van der Waals surface area contributed by atoms with Gasteiger partial charge in [-0.05, 0) is 50.4 Å². The summed E-state index contributed by atoms with van der Waals surface area (Å²) >= 11 is 0. The van der Waals surface area contributed by atoms with Crippen LogP contribution in [-0.4, -0.2) is 33.9 Å². The highest BCUT2D eigenvalue weighted by Gasteiger charge is 2.15. The quantitative estimate of drug-likeness (QED) is 0.857. The van der Waals surface area contributed by atoms with Crippen molar-refractivity contribution in [1.82, 2.24) is 5.32 Å². The Morgan fingerprint density at radius 3 is 2.53 bits per heavy atom. The van der Waals surface area contributed by atoms with Gasteiger partial charge < -0.3 is 19.5 Å². The molecule has 0 aromatic heterocycles. The second-order valence-corrected chi connectivity index (χ2v) is 4.84. The standard InChI is InChI=1S/C15H23NO3/c1-17-13-6-3-7-14(18-2)15(13)19-10-8-12-5-4-9-16-11-12/h3,6-7,12,16H,4-5,8-11H2,1-2H3. The lowest BCUT2D eigenvalue weighted by Crippen LogP contribution is -2.30. The SMILES string of the molecule is COc1cccc(OC)c1OCCC1CCCNC1. The van der Waals surface area contributed by atoms with E-state index in [0.717, 1.165) is 36.9 Å². The van der Waals surface area contributed by atoms with E-state index in [9.17, 15) is 0 Å². The topological polar surface area (TPSA) is 39.7 Å². The largest absolute Gasteiger partial charge is 0.493 e. The third kappa shape index (κ3) is 3.77. The first kappa shape index (κ1) is 14.0. The van der Waals surface area contributed by atoms with Crippen molar-refractivity contribution in [1.29, 1.82) is 0 Å². The fourth-order valence-corrected chi connectivity index (χ4v) is 2.46. The molecule has 1 aliphatic rings. The molecule has 1 heterocycles. The number of hydrogen-bond acceptors (Lipinski definition) is 4. The first-order chi connectivity index (χ1) is 9.35. The van der Waals surface area contributed by atoms with Crippen LogP contribution in [0.5, 0.6) is 17.2 Å². The number of hydrogen-bond donors (Lipinski definition) is 1. The lowest BCUT2D eigenvalue weighted by atomic mass is 9.97. The second kappa shape index (κ2) is 7.24. The van der Waals surface area contributed by atoms with Crippen LogP contribution in [0, 0.1) is 5.92 Å². The van der Waals surface area contributed by atoms with E-state index in [0.29, 0.717) is 12.4 Å². The minimum atomic E-state index is 0.697. The molecule has 0 bridgehead atoms. The molecular formula is C15H23NO3. The third-order valence-electron chi connectivity index (χ3n) is 3.55. The molecule has 1 unspecified atom stereocenters. The Morgan fingerprint density at radius 1 is 1.21 bits per heavy atom. The first-order valence-electron chi connectivity index (χ1n) is 6.89. The molecule has 1 N–H and O–H groups in total. The summed E-state index contributed by atoms with van der Waals surface area (Å²) in [6.45, 7) is 2.95. The maximum absolute atomic E-state index is 5.88. The molecule has 19 heavy (non-hydrogen) atoms. The average Bonchev–Trinajstić information content (AvgIpc) is 2.48. The van der Waals surface area contributed by atoms with Gasteiger partial charge in [0.05, 0.1) is 20.8 Å². The minimum absolute atomic E-state index is 0.697. The summed E-state index contributed by atoms with van der Waals surface area (Å²) in [5, 5.41) is 3.42. The van der Waals surface area contributed by atoms with Gasteiger partial charge in [0.2, 0.25) is 5.75 Å². The second-order valence-electron chi connectivity index (χ2n) is 4.84. The highest BCUT2D eigenvalue weighted by atomic mass is 16.5. The van der Waals surface area contributed by atoms with E-state index >= 15 is 0 Å². The molecule has 0 saturated carbocycles. The summed E-state index contributed by atoms with van der Waals surface area (Å²) in [5.41, 5.74) is 0. The molecule has 1 aromatic rings. The molecule has 106 valence electrons. The Hall–Kier alpha value is -1.42. The van der Waals surface area contributed by atoms with Crippen molar-refractivity contribution >= 4 is 0 Å². The summed E-state index contributed by atoms with van der Waals surface area (Å²) in [7, 11) is 3.29. The predicted molar refractivity (Wildman–Crippen MR) is 75.3 cm³/mol. The van der Waals surface area contributed by atoms with Crippen LogP contribution in [0.3, 0.4) is 0 Å². The highest BCUT2D eigenvalue weighted by Crippen LogP contribution is 2.36. The number of ether oxygens (including phenoxy) is 3. The molecule has 4 heteroatoms. The summed E-state index contributed by atoms with van der Waals surface area (Å²) in [6.07, 6.45) is 3.62.